The first-order chi connectivity index (χ1) is 10.6. The Bertz CT molecular complexity index is 546. The normalized spacial score (nSPS) is 19.7. The highest BCUT2D eigenvalue weighted by Crippen LogP contribution is 2.16. The van der Waals surface area contributed by atoms with Crippen molar-refractivity contribution in [2.75, 3.05) is 26.2 Å². The number of halogens is 3. The van der Waals surface area contributed by atoms with E-state index in [1.165, 1.54) is 12.1 Å². The Morgan fingerprint density at radius 3 is 2.48 bits per heavy atom. The summed E-state index contributed by atoms with van der Waals surface area (Å²) >= 11 is 0. The number of hydrogen-bond donors (Lipinski definition) is 2. The van der Waals surface area contributed by atoms with Crippen LogP contribution < -0.4 is 10.6 Å². The van der Waals surface area contributed by atoms with Crippen LogP contribution in [0.1, 0.15) is 18.4 Å². The maximum absolute atomic E-state index is 13.2. The minimum Gasteiger partial charge on any atom is -0.353 e. The van der Waals surface area contributed by atoms with Gasteiger partial charge in [0.05, 0.1) is 5.92 Å². The molecule has 2 aliphatic rings. The molecule has 2 saturated heterocycles. The molecule has 2 N–H and O–H groups in total. The van der Waals surface area contributed by atoms with Crippen molar-refractivity contribution in [3.05, 3.63) is 35.4 Å². The molecule has 3 rings (SSSR count). The van der Waals surface area contributed by atoms with Crippen LogP contribution in [-0.2, 0) is 11.3 Å². The van der Waals surface area contributed by atoms with Gasteiger partial charge in [-0.1, -0.05) is 6.07 Å². The van der Waals surface area contributed by atoms with E-state index in [4.69, 9.17) is 0 Å². The van der Waals surface area contributed by atoms with Crippen LogP contribution in [0.15, 0.2) is 18.2 Å². The fraction of sp³-hybridized carbons (Fsp3) is 0.562. The van der Waals surface area contributed by atoms with Crippen LogP contribution in [0.25, 0.3) is 0 Å². The van der Waals surface area contributed by atoms with Crippen molar-refractivity contribution in [2.45, 2.75) is 25.4 Å². The number of rotatable bonds is 4. The van der Waals surface area contributed by atoms with E-state index in [0.717, 1.165) is 44.6 Å². The van der Waals surface area contributed by atoms with Crippen molar-refractivity contribution >= 4 is 18.3 Å². The lowest BCUT2D eigenvalue weighted by molar-refractivity contribution is -0.127. The fourth-order valence-corrected chi connectivity index (χ4v) is 2.92. The first kappa shape index (κ1) is 18.1. The fourth-order valence-electron chi connectivity index (χ4n) is 2.92. The SMILES string of the molecule is Cl.O=C(NC1CCN(Cc2ccc(F)c(F)c2)CC1)C1CNC1. The molecule has 1 aromatic rings. The standard InChI is InChI=1S/C16H21F2N3O.ClH/c17-14-2-1-11(7-15(14)18)10-21-5-3-13(4-6-21)20-16(22)12-8-19-9-12;/h1-2,7,12-13,19H,3-6,8-10H2,(H,20,22);1H. The first-order valence-corrected chi connectivity index (χ1v) is 7.79. The van der Waals surface area contributed by atoms with Crippen molar-refractivity contribution < 1.29 is 13.6 Å². The number of benzene rings is 1. The van der Waals surface area contributed by atoms with E-state index in [-0.39, 0.29) is 30.3 Å². The number of carbonyl (C=O) groups excluding carboxylic acids is 1. The summed E-state index contributed by atoms with van der Waals surface area (Å²) in [6.45, 7) is 3.88. The molecular formula is C16H22ClF2N3O. The van der Waals surface area contributed by atoms with Gasteiger partial charge >= 0.3 is 0 Å². The van der Waals surface area contributed by atoms with Gasteiger partial charge in [-0.15, -0.1) is 12.4 Å². The molecule has 2 aliphatic heterocycles. The van der Waals surface area contributed by atoms with Gasteiger partial charge in [0.15, 0.2) is 11.6 Å². The topological polar surface area (TPSA) is 44.4 Å². The van der Waals surface area contributed by atoms with Crippen molar-refractivity contribution in [1.82, 2.24) is 15.5 Å². The van der Waals surface area contributed by atoms with E-state index in [0.29, 0.717) is 6.54 Å². The van der Waals surface area contributed by atoms with Gasteiger partial charge in [-0.3, -0.25) is 9.69 Å². The van der Waals surface area contributed by atoms with E-state index < -0.39 is 11.6 Å². The number of carbonyl (C=O) groups is 1. The minimum absolute atomic E-state index is 0. The quantitative estimate of drug-likeness (QED) is 0.873. The molecule has 1 aromatic carbocycles. The molecule has 2 fully saturated rings. The Morgan fingerprint density at radius 2 is 1.91 bits per heavy atom. The van der Waals surface area contributed by atoms with Gasteiger partial charge in [0.25, 0.3) is 0 Å². The molecule has 0 atom stereocenters. The van der Waals surface area contributed by atoms with Gasteiger partial charge in [-0.25, -0.2) is 8.78 Å². The number of amides is 1. The molecule has 2 heterocycles. The molecule has 0 radical (unpaired) electrons. The van der Waals surface area contributed by atoms with Crippen molar-refractivity contribution in [3.8, 4) is 0 Å². The van der Waals surface area contributed by atoms with Gasteiger partial charge in [-0.05, 0) is 30.5 Å². The first-order valence-electron chi connectivity index (χ1n) is 7.79. The molecule has 7 heteroatoms. The highest BCUT2D eigenvalue weighted by atomic mass is 35.5. The van der Waals surface area contributed by atoms with Crippen molar-refractivity contribution in [1.29, 1.82) is 0 Å². The summed E-state index contributed by atoms with van der Waals surface area (Å²) in [7, 11) is 0. The van der Waals surface area contributed by atoms with Gasteiger partial charge < -0.3 is 10.6 Å². The lowest BCUT2D eigenvalue weighted by atomic mass is 9.99. The van der Waals surface area contributed by atoms with E-state index in [1.54, 1.807) is 6.07 Å². The number of piperidine rings is 1. The van der Waals surface area contributed by atoms with Crippen LogP contribution >= 0.6 is 12.4 Å². The Balaban J connectivity index is 0.00000192. The summed E-state index contributed by atoms with van der Waals surface area (Å²) in [4.78, 5) is 14.1. The summed E-state index contributed by atoms with van der Waals surface area (Å²) < 4.78 is 26.1. The lowest BCUT2D eigenvalue weighted by Crippen LogP contribution is -2.54. The van der Waals surface area contributed by atoms with E-state index in [1.807, 2.05) is 0 Å². The van der Waals surface area contributed by atoms with Crippen LogP contribution in [-0.4, -0.2) is 43.0 Å². The molecule has 0 spiro atoms. The average molecular weight is 346 g/mol. The molecule has 1 amide bonds. The lowest BCUT2D eigenvalue weighted by Gasteiger charge is -2.34. The largest absolute Gasteiger partial charge is 0.353 e. The van der Waals surface area contributed by atoms with Crippen LogP contribution in [0.2, 0.25) is 0 Å². The average Bonchev–Trinajstić information content (AvgIpc) is 2.43. The number of nitrogens with one attached hydrogen (secondary N) is 2. The molecule has 0 unspecified atom stereocenters. The van der Waals surface area contributed by atoms with E-state index in [2.05, 4.69) is 15.5 Å². The molecule has 0 aliphatic carbocycles. The third-order valence-electron chi connectivity index (χ3n) is 4.48. The molecule has 4 nitrogen and oxygen atoms in total. The van der Waals surface area contributed by atoms with Gasteiger partial charge in [0.2, 0.25) is 5.91 Å². The van der Waals surface area contributed by atoms with Crippen molar-refractivity contribution in [2.24, 2.45) is 5.92 Å². The zero-order valence-corrected chi connectivity index (χ0v) is 13.7. The molecule has 0 bridgehead atoms. The third kappa shape index (κ3) is 4.62. The maximum atomic E-state index is 13.2. The summed E-state index contributed by atoms with van der Waals surface area (Å²) in [5.41, 5.74) is 0.780. The van der Waals surface area contributed by atoms with Gasteiger partial charge in [0, 0.05) is 38.8 Å². The number of hydrogen-bond acceptors (Lipinski definition) is 3. The van der Waals surface area contributed by atoms with Crippen LogP contribution in [0.4, 0.5) is 8.78 Å². The smallest absolute Gasteiger partial charge is 0.225 e. The Morgan fingerprint density at radius 1 is 1.22 bits per heavy atom. The summed E-state index contributed by atoms with van der Waals surface area (Å²) in [6.07, 6.45) is 1.80. The van der Waals surface area contributed by atoms with Crippen LogP contribution in [0, 0.1) is 17.6 Å². The number of nitrogens with zero attached hydrogens (tertiary/aromatic N) is 1. The molecule has 23 heavy (non-hydrogen) atoms. The Hall–Kier alpha value is -1.24. The second kappa shape index (κ2) is 8.04. The zero-order chi connectivity index (χ0) is 15.5. The maximum Gasteiger partial charge on any atom is 0.225 e. The second-order valence-electron chi connectivity index (χ2n) is 6.16. The number of likely N-dealkylation sites (tertiary alicyclic amines) is 1. The van der Waals surface area contributed by atoms with E-state index in [9.17, 15) is 13.6 Å². The van der Waals surface area contributed by atoms with Gasteiger partial charge in [0.1, 0.15) is 0 Å². The summed E-state index contributed by atoms with van der Waals surface area (Å²) in [6, 6.07) is 4.28. The highest BCUT2D eigenvalue weighted by Gasteiger charge is 2.28. The van der Waals surface area contributed by atoms with E-state index >= 15 is 0 Å². The summed E-state index contributed by atoms with van der Waals surface area (Å²) in [5.74, 6) is -1.33. The van der Waals surface area contributed by atoms with Crippen LogP contribution in [0.3, 0.4) is 0 Å². The third-order valence-corrected chi connectivity index (χ3v) is 4.48. The summed E-state index contributed by atoms with van der Waals surface area (Å²) in [5, 5.41) is 6.20. The Kier molecular flexibility index (Phi) is 6.33. The predicted molar refractivity (Wildman–Crippen MR) is 86.4 cm³/mol. The second-order valence-corrected chi connectivity index (χ2v) is 6.16. The van der Waals surface area contributed by atoms with Crippen molar-refractivity contribution in [3.63, 3.8) is 0 Å². The van der Waals surface area contributed by atoms with Gasteiger partial charge in [-0.2, -0.15) is 0 Å². The minimum atomic E-state index is -0.810. The molecule has 0 aromatic heterocycles. The van der Waals surface area contributed by atoms with Crippen LogP contribution in [0.5, 0.6) is 0 Å². The molecule has 0 saturated carbocycles. The molecule has 128 valence electrons. The highest BCUT2D eigenvalue weighted by molar-refractivity contribution is 5.85. The Labute approximate surface area is 141 Å². The molecular weight excluding hydrogens is 324 g/mol. The predicted octanol–water partition coefficient (Wildman–Crippen LogP) is 1.69. The monoisotopic (exact) mass is 345 g/mol. The zero-order valence-electron chi connectivity index (χ0n) is 12.9.